The van der Waals surface area contributed by atoms with Crippen molar-refractivity contribution in [2.45, 2.75) is 12.7 Å². The first-order valence-electron chi connectivity index (χ1n) is 6.35. The fourth-order valence-electron chi connectivity index (χ4n) is 2.04. The Labute approximate surface area is 130 Å². The van der Waals surface area contributed by atoms with Gasteiger partial charge in [-0.1, -0.05) is 0 Å². The Kier molecular flexibility index (Phi) is 3.66. The largest absolute Gasteiger partial charge is 0.435 e. The molecule has 0 atom stereocenters. The van der Waals surface area contributed by atoms with E-state index in [1.807, 2.05) is 0 Å². The monoisotopic (exact) mass is 345 g/mol. The van der Waals surface area contributed by atoms with E-state index in [9.17, 15) is 22.0 Å². The fourth-order valence-corrected chi connectivity index (χ4v) is 2.04. The average Bonchev–Trinajstić information content (AvgIpc) is 3.12. The third-order valence-electron chi connectivity index (χ3n) is 3.02. The molecular weight excluding hydrogens is 337 g/mol. The van der Waals surface area contributed by atoms with Gasteiger partial charge in [0.05, 0.1) is 11.8 Å². The summed E-state index contributed by atoms with van der Waals surface area (Å²) in [5.74, 6) is -0.629. The zero-order chi connectivity index (χ0) is 17.5. The molecule has 3 rings (SSSR count). The lowest BCUT2D eigenvalue weighted by molar-refractivity contribution is -0.140. The zero-order valence-electron chi connectivity index (χ0n) is 11.6. The predicted octanol–water partition coefficient (Wildman–Crippen LogP) is 2.52. The first kappa shape index (κ1) is 15.8. The number of halogens is 5. The molecule has 0 unspecified atom stereocenters. The molecule has 3 aromatic heterocycles. The Balaban J connectivity index is 2.22. The standard InChI is InChI=1S/C12H8F5N7/c13-10(14)23-5-6(4-21-23)7-8(12(15,16)17)22-24(9(7)18)11-19-2-1-3-20-11/h1-5,10H,18H2. The van der Waals surface area contributed by atoms with E-state index in [0.29, 0.717) is 4.68 Å². The lowest BCUT2D eigenvalue weighted by atomic mass is 10.1. The van der Waals surface area contributed by atoms with Gasteiger partial charge in [0.2, 0.25) is 0 Å². The van der Waals surface area contributed by atoms with Gasteiger partial charge in [0.1, 0.15) is 5.82 Å². The smallest absolute Gasteiger partial charge is 0.383 e. The quantitative estimate of drug-likeness (QED) is 0.737. The molecule has 0 spiro atoms. The second kappa shape index (κ2) is 5.54. The van der Waals surface area contributed by atoms with E-state index in [-0.39, 0.29) is 16.2 Å². The number of anilines is 1. The van der Waals surface area contributed by atoms with Crippen molar-refractivity contribution in [2.75, 3.05) is 5.73 Å². The molecule has 0 fully saturated rings. The molecule has 0 saturated carbocycles. The van der Waals surface area contributed by atoms with Crippen molar-refractivity contribution in [3.63, 3.8) is 0 Å². The van der Waals surface area contributed by atoms with Gasteiger partial charge in [0, 0.05) is 24.2 Å². The van der Waals surface area contributed by atoms with Crippen LogP contribution in [0.1, 0.15) is 12.2 Å². The number of nitrogens with two attached hydrogens (primary N) is 1. The summed E-state index contributed by atoms with van der Waals surface area (Å²) < 4.78 is 65.9. The molecular formula is C12H8F5N7. The fraction of sp³-hybridized carbons (Fsp3) is 0.167. The molecule has 126 valence electrons. The Bertz CT molecular complexity index is 853. The highest BCUT2D eigenvalue weighted by Crippen LogP contribution is 2.40. The van der Waals surface area contributed by atoms with Gasteiger partial charge in [-0.2, -0.15) is 36.8 Å². The van der Waals surface area contributed by atoms with Gasteiger partial charge in [0.25, 0.3) is 5.95 Å². The van der Waals surface area contributed by atoms with Crippen molar-refractivity contribution >= 4 is 5.82 Å². The second-order valence-electron chi connectivity index (χ2n) is 4.55. The van der Waals surface area contributed by atoms with E-state index in [4.69, 9.17) is 5.73 Å². The minimum absolute atomic E-state index is 0.187. The molecule has 3 heterocycles. The van der Waals surface area contributed by atoms with Crippen LogP contribution < -0.4 is 5.73 Å². The van der Waals surface area contributed by atoms with Crippen molar-refractivity contribution in [2.24, 2.45) is 0 Å². The second-order valence-corrected chi connectivity index (χ2v) is 4.55. The Morgan fingerprint density at radius 2 is 1.79 bits per heavy atom. The highest BCUT2D eigenvalue weighted by atomic mass is 19.4. The van der Waals surface area contributed by atoms with E-state index in [1.54, 1.807) is 0 Å². The Morgan fingerprint density at radius 1 is 1.12 bits per heavy atom. The number of hydrogen-bond acceptors (Lipinski definition) is 5. The molecule has 0 radical (unpaired) electrons. The minimum atomic E-state index is -4.86. The third kappa shape index (κ3) is 2.66. The first-order valence-corrected chi connectivity index (χ1v) is 6.35. The average molecular weight is 345 g/mol. The van der Waals surface area contributed by atoms with Gasteiger partial charge in [-0.15, -0.1) is 0 Å². The first-order chi connectivity index (χ1) is 11.3. The van der Waals surface area contributed by atoms with Crippen molar-refractivity contribution in [1.29, 1.82) is 0 Å². The minimum Gasteiger partial charge on any atom is -0.383 e. The maximum Gasteiger partial charge on any atom is 0.435 e. The Hall–Kier alpha value is -3.05. The molecule has 0 aliphatic heterocycles. The van der Waals surface area contributed by atoms with Crippen LogP contribution in [-0.4, -0.2) is 29.5 Å². The summed E-state index contributed by atoms with van der Waals surface area (Å²) in [7, 11) is 0. The highest BCUT2D eigenvalue weighted by molar-refractivity contribution is 5.77. The summed E-state index contributed by atoms with van der Waals surface area (Å²) in [6.07, 6.45) is -0.665. The van der Waals surface area contributed by atoms with E-state index >= 15 is 0 Å². The van der Waals surface area contributed by atoms with Crippen molar-refractivity contribution in [3.8, 4) is 17.1 Å². The van der Waals surface area contributed by atoms with Gasteiger partial charge in [0.15, 0.2) is 5.69 Å². The third-order valence-corrected chi connectivity index (χ3v) is 3.02. The summed E-state index contributed by atoms with van der Waals surface area (Å²) in [4.78, 5) is 7.55. The topological polar surface area (TPSA) is 87.4 Å². The lowest BCUT2D eigenvalue weighted by Gasteiger charge is -2.04. The highest BCUT2D eigenvalue weighted by Gasteiger charge is 2.40. The van der Waals surface area contributed by atoms with Crippen LogP contribution >= 0.6 is 0 Å². The number of hydrogen-bond donors (Lipinski definition) is 1. The molecule has 0 bridgehead atoms. The van der Waals surface area contributed by atoms with Gasteiger partial charge in [-0.3, -0.25) is 0 Å². The summed E-state index contributed by atoms with van der Waals surface area (Å²) in [5, 5.41) is 6.71. The molecule has 0 aromatic carbocycles. The molecule has 2 N–H and O–H groups in total. The van der Waals surface area contributed by atoms with Crippen molar-refractivity contribution < 1.29 is 22.0 Å². The number of alkyl halides is 5. The van der Waals surface area contributed by atoms with E-state index in [0.717, 1.165) is 12.4 Å². The van der Waals surface area contributed by atoms with E-state index in [1.165, 1.54) is 18.5 Å². The van der Waals surface area contributed by atoms with Crippen LogP contribution in [0.3, 0.4) is 0 Å². The van der Waals surface area contributed by atoms with Crippen LogP contribution in [0.2, 0.25) is 0 Å². The number of aromatic nitrogens is 6. The maximum atomic E-state index is 13.3. The van der Waals surface area contributed by atoms with Crippen LogP contribution in [0.15, 0.2) is 30.9 Å². The SMILES string of the molecule is Nc1c(-c2cnn(C(F)F)c2)c(C(F)(F)F)nn1-c1ncccn1. The summed E-state index contributed by atoms with van der Waals surface area (Å²) in [6, 6.07) is 1.46. The summed E-state index contributed by atoms with van der Waals surface area (Å²) in [5.41, 5.74) is 3.58. The van der Waals surface area contributed by atoms with Gasteiger partial charge < -0.3 is 5.73 Å². The van der Waals surface area contributed by atoms with Gasteiger partial charge in [-0.25, -0.2) is 14.6 Å². The Morgan fingerprint density at radius 3 is 2.33 bits per heavy atom. The molecule has 0 amide bonds. The van der Waals surface area contributed by atoms with Crippen molar-refractivity contribution in [1.82, 2.24) is 29.5 Å². The van der Waals surface area contributed by atoms with Gasteiger partial charge >= 0.3 is 12.7 Å². The van der Waals surface area contributed by atoms with Crippen LogP contribution in [0.5, 0.6) is 0 Å². The summed E-state index contributed by atoms with van der Waals surface area (Å²) >= 11 is 0. The molecule has 3 aromatic rings. The summed E-state index contributed by atoms with van der Waals surface area (Å²) in [6.45, 7) is -3.00. The number of nitrogens with zero attached hydrogens (tertiary/aromatic N) is 6. The molecule has 24 heavy (non-hydrogen) atoms. The van der Waals surface area contributed by atoms with Crippen molar-refractivity contribution in [3.05, 3.63) is 36.5 Å². The normalized spacial score (nSPS) is 12.1. The maximum absolute atomic E-state index is 13.3. The van der Waals surface area contributed by atoms with Gasteiger partial charge in [-0.05, 0) is 6.07 Å². The number of rotatable bonds is 3. The lowest BCUT2D eigenvalue weighted by Crippen LogP contribution is -2.09. The van der Waals surface area contributed by atoms with Crippen LogP contribution in [0.25, 0.3) is 17.1 Å². The number of nitrogen functional groups attached to an aromatic ring is 1. The van der Waals surface area contributed by atoms with Crippen LogP contribution in [0.4, 0.5) is 27.8 Å². The molecule has 12 heteroatoms. The van der Waals surface area contributed by atoms with E-state index in [2.05, 4.69) is 20.2 Å². The van der Waals surface area contributed by atoms with Crippen LogP contribution in [0, 0.1) is 0 Å². The molecule has 0 aliphatic rings. The van der Waals surface area contributed by atoms with Crippen LogP contribution in [-0.2, 0) is 6.18 Å². The zero-order valence-corrected chi connectivity index (χ0v) is 11.6. The van der Waals surface area contributed by atoms with E-state index < -0.39 is 29.8 Å². The predicted molar refractivity (Wildman–Crippen MR) is 71.0 cm³/mol. The molecule has 0 aliphatic carbocycles. The molecule has 7 nitrogen and oxygen atoms in total. The molecule has 0 saturated heterocycles.